The number of hydrogen-bond acceptors (Lipinski definition) is 44. The van der Waals surface area contributed by atoms with Gasteiger partial charge in [0.2, 0.25) is 35.0 Å². The lowest BCUT2D eigenvalue weighted by Gasteiger charge is -2.44. The summed E-state index contributed by atoms with van der Waals surface area (Å²) in [6.45, 7) is -0.389. The van der Waals surface area contributed by atoms with Crippen LogP contribution in [0.15, 0.2) is 121 Å². The SMILES string of the molecule is Cc1cc(C(=O)Oc2cc(C(=O)OC3O[C@H](COC(=O)c4cc(O)c(O)c(OC(=O)c5cc(O)c(O)c(O)c5)c4)C(OC(=O)c4cc(O)c(O)c(OC(=O)c5cc(O)c(O)c(O)c5)c4)[C@H](CC(=O)c4cc(O)c(O)c(OC(=O)c5cc(O)c(O)c(O)c5)c4)C3OC(=O)c3cc(O)c(O)c(OC(=O)c4cc(O)c(O)c(O)c4)c3)cc(O)c2O)cc(O)c1O. The second-order valence-electron chi connectivity index (χ2n) is 25.8. The third-order valence-corrected chi connectivity index (χ3v) is 17.6. The fourth-order valence-corrected chi connectivity index (χ4v) is 11.4. The van der Waals surface area contributed by atoms with Crippen LogP contribution in [0.5, 0.6) is 167 Å². The molecule has 0 spiro atoms. The normalized spacial score (nSPS) is 14.7. The van der Waals surface area contributed by atoms with Crippen LogP contribution >= 0.6 is 0 Å². The summed E-state index contributed by atoms with van der Waals surface area (Å²) in [6.07, 6.45) is -12.8. The minimum absolute atomic E-state index is 0.130. The first-order chi connectivity index (χ1) is 57.4. The monoisotopic (exact) mass is 1700 g/mol. The van der Waals surface area contributed by atoms with Crippen LogP contribution in [-0.4, -0.2) is 213 Å². The third kappa shape index (κ3) is 17.7. The van der Waals surface area contributed by atoms with Gasteiger partial charge in [-0.05, 0) is 134 Å². The highest BCUT2D eigenvalue weighted by Gasteiger charge is 2.54. The minimum atomic E-state index is -2.96. The van der Waals surface area contributed by atoms with Gasteiger partial charge >= 0.3 is 53.7 Å². The molecule has 44 nitrogen and oxygen atoms in total. The molecule has 44 heteroatoms. The Morgan fingerprint density at radius 1 is 0.254 bits per heavy atom. The van der Waals surface area contributed by atoms with Crippen molar-refractivity contribution in [1.82, 2.24) is 0 Å². The number of rotatable bonds is 22. The number of ether oxygens (including phenoxy) is 10. The molecular weight excluding hydrogens is 1640 g/mol. The number of hydrogen-bond donors (Lipinski definition) is 24. The van der Waals surface area contributed by atoms with Gasteiger partial charge in [-0.1, -0.05) is 0 Å². The molecule has 0 aliphatic carbocycles. The molecule has 1 heterocycles. The van der Waals surface area contributed by atoms with E-state index in [9.17, 15) is 151 Å². The smallest absolute Gasteiger partial charge is 0.343 e. The van der Waals surface area contributed by atoms with Gasteiger partial charge in [0, 0.05) is 17.9 Å². The minimum Gasteiger partial charge on any atom is -0.504 e. The van der Waals surface area contributed by atoms with E-state index in [1.807, 2.05) is 0 Å². The zero-order valence-electron chi connectivity index (χ0n) is 60.7. The van der Waals surface area contributed by atoms with E-state index in [4.69, 9.17) is 47.4 Å². The van der Waals surface area contributed by atoms with Crippen LogP contribution in [-0.2, 0) is 23.7 Å². The highest BCUT2D eigenvalue weighted by Crippen LogP contribution is 2.48. The highest BCUT2D eigenvalue weighted by atomic mass is 16.7. The molecule has 3 unspecified atom stereocenters. The van der Waals surface area contributed by atoms with Gasteiger partial charge in [-0.25, -0.2) is 43.2 Å². The number of carbonyl (C=O) groups is 10. The molecule has 0 amide bonds. The van der Waals surface area contributed by atoms with Crippen molar-refractivity contribution in [3.63, 3.8) is 0 Å². The number of ketones is 1. The van der Waals surface area contributed by atoms with Crippen LogP contribution in [0.4, 0.5) is 0 Å². The maximum Gasteiger partial charge on any atom is 0.343 e. The summed E-state index contributed by atoms with van der Waals surface area (Å²) < 4.78 is 55.4. The van der Waals surface area contributed by atoms with E-state index in [1.54, 1.807) is 0 Å². The zero-order valence-corrected chi connectivity index (χ0v) is 60.7. The van der Waals surface area contributed by atoms with E-state index in [0.717, 1.165) is 6.07 Å². The van der Waals surface area contributed by atoms with Crippen LogP contribution in [0.2, 0.25) is 0 Å². The molecule has 0 saturated carbocycles. The first-order valence-corrected chi connectivity index (χ1v) is 33.8. The van der Waals surface area contributed by atoms with Crippen molar-refractivity contribution in [3.8, 4) is 167 Å². The van der Waals surface area contributed by atoms with Crippen molar-refractivity contribution in [1.29, 1.82) is 0 Å². The number of aryl methyl sites for hydroxylation is 1. The molecule has 632 valence electrons. The van der Waals surface area contributed by atoms with Crippen LogP contribution < -0.4 is 23.7 Å². The Morgan fingerprint density at radius 3 is 0.762 bits per heavy atom. The number of esters is 9. The first kappa shape index (κ1) is 85.2. The molecule has 0 bridgehead atoms. The maximum atomic E-state index is 15.5. The third-order valence-electron chi connectivity index (χ3n) is 17.6. The lowest BCUT2D eigenvalue weighted by atomic mass is 9.83. The highest BCUT2D eigenvalue weighted by molar-refractivity contribution is 6.01. The zero-order chi connectivity index (χ0) is 89.4. The molecule has 11 rings (SSSR count). The molecule has 0 radical (unpaired) electrons. The summed E-state index contributed by atoms with van der Waals surface area (Å²) in [5.41, 5.74) is -9.14. The van der Waals surface area contributed by atoms with Crippen molar-refractivity contribution >= 4 is 59.5 Å². The van der Waals surface area contributed by atoms with Crippen LogP contribution in [0.1, 0.15) is 116 Å². The average Bonchev–Trinajstić information content (AvgIpc) is 0.759. The Hall–Kier alpha value is -17.7. The molecule has 1 fully saturated rings. The summed E-state index contributed by atoms with van der Waals surface area (Å²) in [4.78, 5) is 143. The molecule has 5 atom stereocenters. The quantitative estimate of drug-likeness (QED) is 0.0120. The van der Waals surface area contributed by atoms with E-state index < -0.39 is 325 Å². The van der Waals surface area contributed by atoms with E-state index in [-0.39, 0.29) is 5.56 Å². The Balaban J connectivity index is 1.09. The second-order valence-corrected chi connectivity index (χ2v) is 25.8. The molecule has 122 heavy (non-hydrogen) atoms. The van der Waals surface area contributed by atoms with Gasteiger partial charge < -0.3 is 170 Å². The summed E-state index contributed by atoms with van der Waals surface area (Å²) in [7, 11) is 0. The summed E-state index contributed by atoms with van der Waals surface area (Å²) in [6, 6.07) is 10.1. The van der Waals surface area contributed by atoms with Crippen molar-refractivity contribution < 1.29 is 218 Å². The van der Waals surface area contributed by atoms with Gasteiger partial charge in [0.25, 0.3) is 0 Å². The summed E-state index contributed by atoms with van der Waals surface area (Å²) >= 11 is 0. The molecule has 10 aromatic carbocycles. The Bertz CT molecular complexity index is 5970. The van der Waals surface area contributed by atoms with Gasteiger partial charge in [-0.15, -0.1) is 0 Å². The van der Waals surface area contributed by atoms with E-state index in [1.165, 1.54) is 6.92 Å². The fraction of sp³-hybridized carbons (Fsp3) is 0.103. The largest absolute Gasteiger partial charge is 0.504 e. The van der Waals surface area contributed by atoms with E-state index >= 15 is 19.2 Å². The molecule has 1 saturated heterocycles. The lowest BCUT2D eigenvalue weighted by molar-refractivity contribution is -0.270. The van der Waals surface area contributed by atoms with Crippen molar-refractivity contribution in [2.45, 2.75) is 37.9 Å². The van der Waals surface area contributed by atoms with Crippen molar-refractivity contribution in [2.24, 2.45) is 5.92 Å². The number of phenols is 24. The standard InChI is InChI=1S/C78H56O44/c1-24-2-26(4-37(80)57(24)94)70(105)115-55-21-34(16-50(93)66(55)103)77(112)122-78-68(121-76(111)33-15-49(92)65(102)54(20-33)118-74(109)30-11-44(87)61(98)45(88)12-30)35(22-36(79)25-3-46(89)62(99)51(17-25)114-71(106)27-5-38(81)58(95)39(82)6-27)67(120-75(110)32-14-48(91)64(101)53(19-32)117-73(108)29-9-42(85)60(97)43(86)10-29)56(119-78)23-113-69(104)31-13-47(90)63(100)52(18-31)116-72(107)28-7-40(83)59(96)41(84)8-28/h2-21,35,56,67-68,78,80-103H,22-23H2,1H3/t35-,56+,67?,68?,78?/m0/s1. The topological polar surface area (TPSA) is 749 Å². The van der Waals surface area contributed by atoms with Gasteiger partial charge in [0.05, 0.1) is 50.1 Å². The first-order valence-electron chi connectivity index (χ1n) is 33.8. The average molecular weight is 1700 g/mol. The Morgan fingerprint density at radius 2 is 0.475 bits per heavy atom. The Labute approximate surface area is 674 Å². The van der Waals surface area contributed by atoms with Gasteiger partial charge in [-0.3, -0.25) is 4.79 Å². The fourth-order valence-electron chi connectivity index (χ4n) is 11.4. The second kappa shape index (κ2) is 33.6. The number of phenolic OH excluding ortho intramolecular Hbond substituents is 24. The number of Topliss-reactive ketones (excluding diaryl/α,β-unsaturated/α-hetero) is 1. The van der Waals surface area contributed by atoms with Gasteiger partial charge in [-0.2, -0.15) is 0 Å². The number of benzene rings is 10. The summed E-state index contributed by atoms with van der Waals surface area (Å²) in [5.74, 6) is -54.5. The molecule has 24 N–H and O–H groups in total. The maximum absolute atomic E-state index is 15.5. The molecule has 1 aliphatic heterocycles. The number of carbonyl (C=O) groups excluding carboxylic acids is 10. The van der Waals surface area contributed by atoms with Crippen LogP contribution in [0.25, 0.3) is 0 Å². The molecule has 0 aromatic heterocycles. The summed E-state index contributed by atoms with van der Waals surface area (Å²) in [5, 5.41) is 252. The van der Waals surface area contributed by atoms with Gasteiger partial charge in [0.1, 0.15) is 18.8 Å². The van der Waals surface area contributed by atoms with E-state index in [2.05, 4.69) is 0 Å². The molecular formula is C78H56O44. The molecule has 10 aromatic rings. The number of aromatic hydroxyl groups is 24. The predicted octanol–water partition coefficient (Wildman–Crippen LogP) is 6.10. The van der Waals surface area contributed by atoms with Crippen molar-refractivity contribution in [3.05, 3.63) is 183 Å². The van der Waals surface area contributed by atoms with Gasteiger partial charge in [0.15, 0.2) is 150 Å². The molecule has 1 aliphatic rings. The Kier molecular flexibility index (Phi) is 23.5. The van der Waals surface area contributed by atoms with Crippen LogP contribution in [0, 0.1) is 12.8 Å². The predicted molar refractivity (Wildman–Crippen MR) is 389 cm³/mol. The van der Waals surface area contributed by atoms with Crippen LogP contribution in [0.3, 0.4) is 0 Å². The van der Waals surface area contributed by atoms with E-state index in [0.29, 0.717) is 115 Å². The van der Waals surface area contributed by atoms with Crippen molar-refractivity contribution in [2.75, 3.05) is 6.61 Å². The lowest BCUT2D eigenvalue weighted by Crippen LogP contribution is -2.59.